The molecule has 2 N–H and O–H groups in total. The predicted molar refractivity (Wildman–Crippen MR) is 79.3 cm³/mol. The molecule has 0 aliphatic carbocycles. The molecule has 1 aromatic rings. The second-order valence-corrected chi connectivity index (χ2v) is 5.99. The van der Waals surface area contributed by atoms with E-state index in [2.05, 4.69) is 0 Å². The van der Waals surface area contributed by atoms with Crippen molar-refractivity contribution in [1.82, 2.24) is 4.90 Å². The van der Waals surface area contributed by atoms with Gasteiger partial charge in [-0.2, -0.15) is 0 Å². The van der Waals surface area contributed by atoms with Crippen LogP contribution in [0.25, 0.3) is 0 Å². The van der Waals surface area contributed by atoms with Gasteiger partial charge in [0.05, 0.1) is 12.2 Å². The summed E-state index contributed by atoms with van der Waals surface area (Å²) in [6.07, 6.45) is 0.775. The summed E-state index contributed by atoms with van der Waals surface area (Å²) in [6, 6.07) is 3.56. The van der Waals surface area contributed by atoms with E-state index >= 15 is 0 Å². The van der Waals surface area contributed by atoms with Gasteiger partial charge >= 0.3 is 0 Å². The lowest BCUT2D eigenvalue weighted by Gasteiger charge is -2.37. The maximum Gasteiger partial charge on any atom is 0.254 e. The first kappa shape index (κ1) is 15.1. The Hall–Kier alpha value is -1.79. The van der Waals surface area contributed by atoms with Crippen LogP contribution in [0.15, 0.2) is 12.1 Å². The molecule has 0 unspecified atom stereocenters. The Balaban J connectivity index is 1.78. The maximum atomic E-state index is 12.7. The zero-order valence-electron chi connectivity index (χ0n) is 12.7. The number of hydrogen-bond acceptors (Lipinski definition) is 5. The van der Waals surface area contributed by atoms with Crippen molar-refractivity contribution >= 4 is 5.91 Å². The smallest absolute Gasteiger partial charge is 0.254 e. The minimum Gasteiger partial charge on any atom is -0.486 e. The van der Waals surface area contributed by atoms with Crippen LogP contribution in [0.5, 0.6) is 11.5 Å². The highest BCUT2D eigenvalue weighted by molar-refractivity contribution is 5.96. The molecular weight excluding hydrogens is 286 g/mol. The molecule has 1 aromatic carbocycles. The molecule has 22 heavy (non-hydrogen) atoms. The monoisotopic (exact) mass is 307 g/mol. The number of piperidine rings is 1. The summed E-state index contributed by atoms with van der Waals surface area (Å²) in [5, 5.41) is 19.2. The Morgan fingerprint density at radius 1 is 1.23 bits per heavy atom. The van der Waals surface area contributed by atoms with E-state index in [1.165, 1.54) is 0 Å². The van der Waals surface area contributed by atoms with E-state index in [0.29, 0.717) is 56.2 Å². The number of ether oxygens (including phenoxy) is 2. The first-order chi connectivity index (χ1) is 10.5. The van der Waals surface area contributed by atoms with Crippen molar-refractivity contribution in [1.29, 1.82) is 0 Å². The van der Waals surface area contributed by atoms with Gasteiger partial charge in [-0.05, 0) is 37.5 Å². The van der Waals surface area contributed by atoms with Gasteiger partial charge in [0.2, 0.25) is 0 Å². The number of fused-ring (bicyclic) bond motifs is 1. The van der Waals surface area contributed by atoms with Crippen LogP contribution in [0.4, 0.5) is 0 Å². The third-order valence-electron chi connectivity index (χ3n) is 4.40. The summed E-state index contributed by atoms with van der Waals surface area (Å²) in [7, 11) is 0. The molecule has 0 aromatic heterocycles. The number of rotatable bonds is 2. The molecule has 0 atom stereocenters. The topological polar surface area (TPSA) is 79.2 Å². The first-order valence-electron chi connectivity index (χ1n) is 7.55. The van der Waals surface area contributed by atoms with Crippen LogP contribution in [0, 0.1) is 6.92 Å². The van der Waals surface area contributed by atoms with E-state index in [4.69, 9.17) is 9.47 Å². The minimum atomic E-state index is -1.06. The van der Waals surface area contributed by atoms with Crippen molar-refractivity contribution in [3.05, 3.63) is 23.3 Å². The number of aliphatic hydroxyl groups excluding tert-OH is 1. The normalized spacial score (nSPS) is 19.9. The number of aliphatic hydroxyl groups is 2. The van der Waals surface area contributed by atoms with Gasteiger partial charge in [0.25, 0.3) is 5.91 Å². The molecule has 0 radical (unpaired) electrons. The molecule has 0 bridgehead atoms. The third-order valence-corrected chi connectivity index (χ3v) is 4.40. The van der Waals surface area contributed by atoms with Crippen LogP contribution < -0.4 is 9.47 Å². The van der Waals surface area contributed by atoms with Gasteiger partial charge in [0, 0.05) is 18.7 Å². The van der Waals surface area contributed by atoms with E-state index < -0.39 is 5.60 Å². The molecule has 6 heteroatoms. The largest absolute Gasteiger partial charge is 0.486 e. The predicted octanol–water partition coefficient (Wildman–Crippen LogP) is 0.726. The standard InChI is InChI=1S/C16H21NO5/c1-11-8-13-14(22-7-6-21-13)9-12(11)15(19)17-4-2-16(20,10-18)3-5-17/h8-9,18,20H,2-7,10H2,1H3. The van der Waals surface area contributed by atoms with E-state index in [1.54, 1.807) is 11.0 Å². The lowest BCUT2D eigenvalue weighted by atomic mass is 9.92. The Bertz CT molecular complexity index is 578. The summed E-state index contributed by atoms with van der Waals surface area (Å²) in [4.78, 5) is 14.4. The summed E-state index contributed by atoms with van der Waals surface area (Å²) in [6.45, 7) is 3.48. The average Bonchev–Trinajstić information content (AvgIpc) is 2.54. The van der Waals surface area contributed by atoms with Crippen molar-refractivity contribution in [2.45, 2.75) is 25.4 Å². The van der Waals surface area contributed by atoms with Gasteiger partial charge in [0.15, 0.2) is 11.5 Å². The molecule has 2 aliphatic heterocycles. The lowest BCUT2D eigenvalue weighted by Crippen LogP contribution is -2.48. The van der Waals surface area contributed by atoms with Gasteiger partial charge in [-0.1, -0.05) is 0 Å². The summed E-state index contributed by atoms with van der Waals surface area (Å²) in [5.41, 5.74) is 0.384. The zero-order valence-corrected chi connectivity index (χ0v) is 12.7. The average molecular weight is 307 g/mol. The SMILES string of the molecule is Cc1cc2c(cc1C(=O)N1CCC(O)(CO)CC1)OCCO2. The third kappa shape index (κ3) is 2.76. The molecular formula is C16H21NO5. The van der Waals surface area contributed by atoms with E-state index in [9.17, 15) is 15.0 Å². The van der Waals surface area contributed by atoms with Crippen molar-refractivity contribution in [3.8, 4) is 11.5 Å². The molecule has 6 nitrogen and oxygen atoms in total. The van der Waals surface area contributed by atoms with Crippen LogP contribution in [0.1, 0.15) is 28.8 Å². The second-order valence-electron chi connectivity index (χ2n) is 5.99. The highest BCUT2D eigenvalue weighted by Crippen LogP contribution is 2.34. The molecule has 2 heterocycles. The Morgan fingerprint density at radius 2 is 1.82 bits per heavy atom. The van der Waals surface area contributed by atoms with Crippen LogP contribution in [-0.2, 0) is 0 Å². The zero-order chi connectivity index (χ0) is 15.7. The highest BCUT2D eigenvalue weighted by Gasteiger charge is 2.34. The van der Waals surface area contributed by atoms with Gasteiger partial charge in [-0.25, -0.2) is 0 Å². The maximum absolute atomic E-state index is 12.7. The van der Waals surface area contributed by atoms with Crippen LogP contribution >= 0.6 is 0 Å². The van der Waals surface area contributed by atoms with Crippen LogP contribution in [-0.4, -0.2) is 59.5 Å². The van der Waals surface area contributed by atoms with Crippen LogP contribution in [0.2, 0.25) is 0 Å². The molecule has 1 fully saturated rings. The second kappa shape index (κ2) is 5.78. The molecule has 0 saturated carbocycles. The van der Waals surface area contributed by atoms with E-state index in [1.807, 2.05) is 13.0 Å². The summed E-state index contributed by atoms with van der Waals surface area (Å²) in [5.74, 6) is 1.20. The number of hydrogen-bond donors (Lipinski definition) is 2. The van der Waals surface area contributed by atoms with Gasteiger partial charge in [-0.3, -0.25) is 4.79 Å². The summed E-state index contributed by atoms with van der Waals surface area (Å²) >= 11 is 0. The van der Waals surface area contributed by atoms with Crippen molar-refractivity contribution < 1.29 is 24.5 Å². The first-order valence-corrected chi connectivity index (χ1v) is 7.55. The molecule has 2 aliphatic rings. The Labute approximate surface area is 129 Å². The fourth-order valence-corrected chi connectivity index (χ4v) is 2.88. The van der Waals surface area contributed by atoms with Gasteiger partial charge < -0.3 is 24.6 Å². The molecule has 0 spiro atoms. The molecule has 120 valence electrons. The minimum absolute atomic E-state index is 0.0746. The van der Waals surface area contributed by atoms with Crippen LogP contribution in [0.3, 0.4) is 0 Å². The van der Waals surface area contributed by atoms with Crippen molar-refractivity contribution in [2.24, 2.45) is 0 Å². The number of benzene rings is 1. The molecule has 3 rings (SSSR count). The fourth-order valence-electron chi connectivity index (χ4n) is 2.88. The highest BCUT2D eigenvalue weighted by atomic mass is 16.6. The Kier molecular flexibility index (Phi) is 3.97. The number of amides is 1. The fraction of sp³-hybridized carbons (Fsp3) is 0.562. The van der Waals surface area contributed by atoms with E-state index in [-0.39, 0.29) is 12.5 Å². The van der Waals surface area contributed by atoms with Crippen molar-refractivity contribution in [2.75, 3.05) is 32.9 Å². The molecule has 1 saturated heterocycles. The van der Waals surface area contributed by atoms with Gasteiger partial charge in [-0.15, -0.1) is 0 Å². The number of carbonyl (C=O) groups excluding carboxylic acids is 1. The lowest BCUT2D eigenvalue weighted by molar-refractivity contribution is -0.0546. The summed E-state index contributed by atoms with van der Waals surface area (Å²) < 4.78 is 11.1. The van der Waals surface area contributed by atoms with E-state index in [0.717, 1.165) is 5.56 Å². The number of carbonyl (C=O) groups is 1. The number of aryl methyl sites for hydroxylation is 1. The molecule has 1 amide bonds. The van der Waals surface area contributed by atoms with Crippen molar-refractivity contribution in [3.63, 3.8) is 0 Å². The number of likely N-dealkylation sites (tertiary alicyclic amines) is 1. The number of nitrogens with zero attached hydrogens (tertiary/aromatic N) is 1. The Morgan fingerprint density at radius 3 is 2.41 bits per heavy atom. The van der Waals surface area contributed by atoms with Gasteiger partial charge in [0.1, 0.15) is 13.2 Å². The quantitative estimate of drug-likeness (QED) is 0.842.